The van der Waals surface area contributed by atoms with Crippen molar-refractivity contribution < 1.29 is 32.6 Å². The minimum atomic E-state index is -4.62. The summed E-state index contributed by atoms with van der Waals surface area (Å²) in [6.45, 7) is 3.35. The molecule has 4 fully saturated rings. The Morgan fingerprint density at radius 3 is 2.55 bits per heavy atom. The van der Waals surface area contributed by atoms with Crippen LogP contribution in [0.4, 0.5) is 35.0 Å². The molecule has 16 heteroatoms. The number of carbonyl (C=O) groups excluding carboxylic acids is 2. The van der Waals surface area contributed by atoms with Crippen LogP contribution in [-0.4, -0.2) is 87.1 Å². The largest absolute Gasteiger partial charge is 0.495 e. The highest BCUT2D eigenvalue weighted by Crippen LogP contribution is 2.42. The van der Waals surface area contributed by atoms with Gasteiger partial charge in [-0.25, -0.2) is 9.78 Å². The van der Waals surface area contributed by atoms with Gasteiger partial charge in [0.15, 0.2) is 6.23 Å². The number of aromatic nitrogens is 4. The number of benzene rings is 2. The predicted molar refractivity (Wildman–Crippen MR) is 203 cm³/mol. The van der Waals surface area contributed by atoms with E-state index in [-0.39, 0.29) is 24.1 Å². The van der Waals surface area contributed by atoms with Crippen molar-refractivity contribution in [2.75, 3.05) is 48.4 Å². The number of aliphatic hydroxyl groups excluding tert-OH is 1. The van der Waals surface area contributed by atoms with E-state index >= 15 is 0 Å². The lowest BCUT2D eigenvalue weighted by Crippen LogP contribution is -2.49. The minimum absolute atomic E-state index is 0.156. The zero-order chi connectivity index (χ0) is 38.7. The smallest absolute Gasteiger partial charge is 0.433 e. The highest BCUT2D eigenvalue weighted by Gasteiger charge is 2.44. The van der Waals surface area contributed by atoms with Crippen molar-refractivity contribution in [2.45, 2.75) is 69.1 Å². The molecule has 56 heavy (non-hydrogen) atoms. The van der Waals surface area contributed by atoms with E-state index in [1.54, 1.807) is 23.2 Å². The number of rotatable bonds is 9. The van der Waals surface area contributed by atoms with Crippen molar-refractivity contribution in [3.05, 3.63) is 78.5 Å². The summed E-state index contributed by atoms with van der Waals surface area (Å²) in [5.74, 6) is 0.740. The average Bonchev–Trinajstić information content (AvgIpc) is 3.92. The molecule has 1 unspecified atom stereocenters. The molecule has 3 saturated heterocycles. The summed E-state index contributed by atoms with van der Waals surface area (Å²) >= 11 is 0. The number of fused-ring (bicyclic) bond motifs is 4. The number of halogens is 3. The monoisotopic (exact) mass is 769 g/mol. The number of anilines is 3. The third-order valence-electron chi connectivity index (χ3n) is 11.9. The summed E-state index contributed by atoms with van der Waals surface area (Å²) < 4.78 is 47.2. The lowest BCUT2D eigenvalue weighted by molar-refractivity contribution is -0.141. The fourth-order valence-corrected chi connectivity index (χ4v) is 9.14. The lowest BCUT2D eigenvalue weighted by atomic mass is 9.85. The molecule has 9 rings (SSSR count). The highest BCUT2D eigenvalue weighted by atomic mass is 19.4. The van der Waals surface area contributed by atoms with Gasteiger partial charge >= 0.3 is 12.2 Å². The summed E-state index contributed by atoms with van der Waals surface area (Å²) in [5.41, 5.74) is 1.76. The Bertz CT molecular complexity index is 2310. The number of hydrogen-bond acceptors (Lipinski definition) is 10. The van der Waals surface area contributed by atoms with Crippen LogP contribution in [-0.2, 0) is 11.0 Å². The van der Waals surface area contributed by atoms with E-state index in [0.717, 1.165) is 85.2 Å². The van der Waals surface area contributed by atoms with Gasteiger partial charge in [0.2, 0.25) is 5.91 Å². The number of carbonyl (C=O) groups is 2. The zero-order valence-corrected chi connectivity index (χ0v) is 30.7. The van der Waals surface area contributed by atoms with Crippen molar-refractivity contribution >= 4 is 50.7 Å². The zero-order valence-electron chi connectivity index (χ0n) is 30.7. The van der Waals surface area contributed by atoms with Gasteiger partial charge in [-0.3, -0.25) is 29.6 Å². The molecule has 3 atom stereocenters. The molecule has 2 aromatic carbocycles. The van der Waals surface area contributed by atoms with Gasteiger partial charge in [-0.05, 0) is 62.3 Å². The summed E-state index contributed by atoms with van der Waals surface area (Å²) in [7, 11) is 1.49. The van der Waals surface area contributed by atoms with Crippen LogP contribution in [0.2, 0.25) is 0 Å². The molecule has 3 aliphatic heterocycles. The summed E-state index contributed by atoms with van der Waals surface area (Å²) in [5, 5.41) is 23.7. The van der Waals surface area contributed by atoms with Crippen LogP contribution in [0.15, 0.2) is 67.1 Å². The van der Waals surface area contributed by atoms with E-state index in [1.807, 2.05) is 29.2 Å². The second kappa shape index (κ2) is 14.2. The Kier molecular flexibility index (Phi) is 9.19. The molecule has 13 nitrogen and oxygen atoms in total. The molecule has 0 radical (unpaired) electrons. The second-order valence-corrected chi connectivity index (χ2v) is 15.3. The molecule has 3 amide bonds. The molecule has 292 valence electrons. The summed E-state index contributed by atoms with van der Waals surface area (Å²) in [4.78, 5) is 39.3. The number of urea groups is 1. The van der Waals surface area contributed by atoms with E-state index in [2.05, 4.69) is 36.5 Å². The maximum absolute atomic E-state index is 13.2. The number of alkyl halides is 3. The topological polar surface area (TPSA) is 141 Å². The SMILES string of the molecule is COc1cc2nn([C@H]3CC[C@H](CN4C[C@H]5C[C@@H]4CN5c4cccc5c(N6CCC(=O)NC6=O)cncc45)CC3)cc2cc1NC(O)c1cccc(C(F)(F)F)n1. The molecule has 5 aromatic rings. The Balaban J connectivity index is 0.821. The first-order valence-electron chi connectivity index (χ1n) is 19.1. The molecule has 4 aliphatic rings. The molecular formula is C40H42F3N9O4. The van der Waals surface area contributed by atoms with E-state index in [0.29, 0.717) is 41.7 Å². The Morgan fingerprint density at radius 1 is 0.982 bits per heavy atom. The van der Waals surface area contributed by atoms with Gasteiger partial charge in [0.05, 0.1) is 41.9 Å². The Hall–Kier alpha value is -5.48. The van der Waals surface area contributed by atoms with E-state index < -0.39 is 24.1 Å². The van der Waals surface area contributed by atoms with Crippen LogP contribution in [0.1, 0.15) is 62.2 Å². The number of aliphatic hydroxyl groups is 1. The maximum Gasteiger partial charge on any atom is 0.433 e. The van der Waals surface area contributed by atoms with Gasteiger partial charge < -0.3 is 20.1 Å². The summed E-state index contributed by atoms with van der Waals surface area (Å²) in [6.07, 6.45) is 5.03. The van der Waals surface area contributed by atoms with Crippen LogP contribution in [0.3, 0.4) is 0 Å². The van der Waals surface area contributed by atoms with Crippen LogP contribution >= 0.6 is 0 Å². The van der Waals surface area contributed by atoms with Crippen LogP contribution in [0.25, 0.3) is 21.7 Å². The van der Waals surface area contributed by atoms with E-state index in [1.165, 1.54) is 19.2 Å². The second-order valence-electron chi connectivity index (χ2n) is 15.3. The summed E-state index contributed by atoms with van der Waals surface area (Å²) in [6, 6.07) is 13.9. The van der Waals surface area contributed by atoms with E-state index in [4.69, 9.17) is 9.84 Å². The van der Waals surface area contributed by atoms with Gasteiger partial charge in [0.25, 0.3) is 0 Å². The minimum Gasteiger partial charge on any atom is -0.495 e. The normalized spacial score (nSPS) is 23.6. The molecule has 0 spiro atoms. The van der Waals surface area contributed by atoms with Gasteiger partial charge in [-0.2, -0.15) is 18.3 Å². The molecule has 6 heterocycles. The first-order valence-corrected chi connectivity index (χ1v) is 19.1. The molecule has 2 bridgehead atoms. The van der Waals surface area contributed by atoms with Crippen molar-refractivity contribution in [2.24, 2.45) is 5.92 Å². The van der Waals surface area contributed by atoms with Crippen LogP contribution < -0.4 is 25.2 Å². The van der Waals surface area contributed by atoms with Crippen LogP contribution in [0.5, 0.6) is 5.75 Å². The van der Waals surface area contributed by atoms with E-state index in [9.17, 15) is 27.9 Å². The van der Waals surface area contributed by atoms with Gasteiger partial charge in [0, 0.05) is 85.0 Å². The number of hydrogen-bond donors (Lipinski definition) is 3. The number of amides is 3. The van der Waals surface area contributed by atoms with Crippen molar-refractivity contribution in [3.63, 3.8) is 0 Å². The molecular weight excluding hydrogens is 727 g/mol. The highest BCUT2D eigenvalue weighted by molar-refractivity contribution is 6.11. The third-order valence-corrected chi connectivity index (χ3v) is 11.9. The lowest BCUT2D eigenvalue weighted by Gasteiger charge is -2.39. The number of piperazine rings is 1. The Morgan fingerprint density at radius 2 is 1.80 bits per heavy atom. The number of imide groups is 1. The maximum atomic E-state index is 13.2. The van der Waals surface area contributed by atoms with Gasteiger partial charge in [-0.15, -0.1) is 0 Å². The number of likely N-dealkylation sites (tertiary alicyclic amines) is 1. The molecule has 3 N–H and O–H groups in total. The van der Waals surface area contributed by atoms with Crippen molar-refractivity contribution in [1.29, 1.82) is 0 Å². The molecule has 3 aromatic heterocycles. The van der Waals surface area contributed by atoms with Crippen LogP contribution in [0, 0.1) is 5.92 Å². The molecule has 1 saturated carbocycles. The quantitative estimate of drug-likeness (QED) is 0.147. The number of nitrogens with zero attached hydrogens (tertiary/aromatic N) is 7. The van der Waals surface area contributed by atoms with Crippen molar-refractivity contribution in [1.82, 2.24) is 30.0 Å². The molecule has 1 aliphatic carbocycles. The number of methoxy groups -OCH3 is 1. The number of nitrogens with one attached hydrogen (secondary N) is 2. The standard InChI is InChI=1S/C40H42F3N9O4/c1-56-35-16-31-24(14-32(35)46-38(54)30-5-3-7-36(45-30)40(41,42)43)20-52(48-31)25-10-8-23(9-11-25)19-49-21-27-15-26(49)22-51(27)33-6-2-4-28-29(33)17-44-18-34(28)50-13-12-37(53)47-39(50)55/h2-7,14,16-18,20,23,25-27,38,46,54H,8-13,15,19,21-22H2,1H3,(H,47,53,55)/t23-,25-,26-,27-,38?/m1/s1. The van der Waals surface area contributed by atoms with Gasteiger partial charge in [-0.1, -0.05) is 18.2 Å². The first kappa shape index (κ1) is 36.2. The number of ether oxygens (including phenoxy) is 1. The number of pyridine rings is 2. The fraction of sp³-hybridized carbons (Fsp3) is 0.425. The first-order chi connectivity index (χ1) is 27.0. The van der Waals surface area contributed by atoms with Gasteiger partial charge in [0.1, 0.15) is 11.4 Å². The fourth-order valence-electron chi connectivity index (χ4n) is 9.14. The average molecular weight is 770 g/mol. The van der Waals surface area contributed by atoms with Crippen molar-refractivity contribution in [3.8, 4) is 5.75 Å². The Labute approximate surface area is 320 Å². The third kappa shape index (κ3) is 6.74. The predicted octanol–water partition coefficient (Wildman–Crippen LogP) is 6.25.